The Morgan fingerprint density at radius 1 is 1.18 bits per heavy atom. The van der Waals surface area contributed by atoms with E-state index >= 15 is 0 Å². The maximum Gasteiger partial charge on any atom is 0.316 e. The highest BCUT2D eigenvalue weighted by Crippen LogP contribution is 2.53. The number of rotatable bonds is 6. The molecule has 5 rings (SSSR count). The predicted octanol–water partition coefficient (Wildman–Crippen LogP) is 2.27. The number of carbonyl (C=O) groups excluding carboxylic acids is 2. The third kappa shape index (κ3) is 3.69. The summed E-state index contributed by atoms with van der Waals surface area (Å²) < 4.78 is 17.9. The lowest BCUT2D eigenvalue weighted by molar-refractivity contribution is -0.129. The lowest BCUT2D eigenvalue weighted by Gasteiger charge is -2.35. The summed E-state index contributed by atoms with van der Waals surface area (Å²) in [4.78, 5) is 53.9. The molecule has 0 bridgehead atoms. The van der Waals surface area contributed by atoms with Gasteiger partial charge >= 0.3 is 11.1 Å². The standard InChI is InChI=1S/C26H24ClN3O8/c1-12-8-14(28-13-4-5-16-15(9-13)29-24(34)25(35)30(16)6-7-31)10-19(32)26(12)23(33)20-17(36-2)11-18(37-3)21(27)22(20)38-26/h4-5,9-12,28,31H,6-8H2,1-3H3,(H,29,34)/t12-,26+/m1/s1. The summed E-state index contributed by atoms with van der Waals surface area (Å²) in [6, 6.07) is 6.40. The van der Waals surface area contributed by atoms with Crippen LogP contribution in [0.3, 0.4) is 0 Å². The van der Waals surface area contributed by atoms with E-state index in [4.69, 9.17) is 25.8 Å². The van der Waals surface area contributed by atoms with Gasteiger partial charge in [-0.25, -0.2) is 0 Å². The summed E-state index contributed by atoms with van der Waals surface area (Å²) in [7, 11) is 2.82. The van der Waals surface area contributed by atoms with Crippen LogP contribution in [0, 0.1) is 5.92 Å². The highest BCUT2D eigenvalue weighted by molar-refractivity contribution is 6.36. The maximum atomic E-state index is 13.6. The lowest BCUT2D eigenvalue weighted by Crippen LogP contribution is -2.55. The first-order valence-electron chi connectivity index (χ1n) is 11.7. The van der Waals surface area contributed by atoms with E-state index in [2.05, 4.69) is 10.3 Å². The summed E-state index contributed by atoms with van der Waals surface area (Å²) in [6.45, 7) is 1.41. The lowest BCUT2D eigenvalue weighted by atomic mass is 9.74. The first-order valence-corrected chi connectivity index (χ1v) is 12.1. The first-order chi connectivity index (χ1) is 18.2. The second kappa shape index (κ2) is 9.34. The van der Waals surface area contributed by atoms with Crippen molar-refractivity contribution in [2.75, 3.05) is 26.1 Å². The second-order valence-corrected chi connectivity index (χ2v) is 9.47. The number of aromatic nitrogens is 2. The number of nitrogens with zero attached hydrogens (tertiary/aromatic N) is 1. The number of anilines is 1. The molecule has 2 aromatic carbocycles. The van der Waals surface area contributed by atoms with Crippen LogP contribution in [0.2, 0.25) is 5.02 Å². The zero-order chi connectivity index (χ0) is 27.4. The normalized spacial score (nSPS) is 20.3. The molecule has 11 nitrogen and oxygen atoms in total. The SMILES string of the molecule is COc1cc(OC)c2c(c1Cl)O[C@@]1(C(=O)C=C(Nc3ccc4c(c3)[nH]c(=O)c(=O)n4CCO)C[C@H]1C)C2=O. The van der Waals surface area contributed by atoms with Gasteiger partial charge in [-0.15, -0.1) is 0 Å². The maximum absolute atomic E-state index is 13.6. The Morgan fingerprint density at radius 3 is 2.58 bits per heavy atom. The number of methoxy groups -OCH3 is 2. The molecule has 0 saturated heterocycles. The molecule has 3 aromatic rings. The number of benzene rings is 2. The molecule has 1 spiro atoms. The molecule has 1 aliphatic heterocycles. The number of hydrogen-bond donors (Lipinski definition) is 3. The average molecular weight is 542 g/mol. The summed E-state index contributed by atoms with van der Waals surface area (Å²) in [6.07, 6.45) is 1.60. The summed E-state index contributed by atoms with van der Waals surface area (Å²) in [5.74, 6) is -1.18. The van der Waals surface area contributed by atoms with Gasteiger partial charge in [0.25, 0.3) is 0 Å². The van der Waals surface area contributed by atoms with Crippen LogP contribution in [0.1, 0.15) is 23.7 Å². The van der Waals surface area contributed by atoms with Crippen molar-refractivity contribution in [3.8, 4) is 17.2 Å². The van der Waals surface area contributed by atoms with E-state index in [0.717, 1.165) is 0 Å². The molecule has 0 radical (unpaired) electrons. The van der Waals surface area contributed by atoms with Gasteiger partial charge in [-0.05, 0) is 24.6 Å². The number of aliphatic hydroxyl groups is 1. The highest BCUT2D eigenvalue weighted by Gasteiger charge is 2.60. The Balaban J connectivity index is 1.49. The molecule has 0 saturated carbocycles. The van der Waals surface area contributed by atoms with E-state index in [9.17, 15) is 24.3 Å². The Labute approximate surface area is 220 Å². The second-order valence-electron chi connectivity index (χ2n) is 9.10. The zero-order valence-electron chi connectivity index (χ0n) is 20.7. The van der Waals surface area contributed by atoms with Crippen LogP contribution in [0.15, 0.2) is 45.6 Å². The van der Waals surface area contributed by atoms with Crippen molar-refractivity contribution in [1.29, 1.82) is 0 Å². The van der Waals surface area contributed by atoms with E-state index in [1.54, 1.807) is 25.1 Å². The van der Waals surface area contributed by atoms with Crippen molar-refractivity contribution in [1.82, 2.24) is 9.55 Å². The van der Waals surface area contributed by atoms with E-state index in [-0.39, 0.29) is 47.4 Å². The van der Waals surface area contributed by atoms with Crippen LogP contribution in [-0.2, 0) is 11.3 Å². The minimum Gasteiger partial charge on any atom is -0.496 e. The van der Waals surface area contributed by atoms with Gasteiger partial charge in [-0.3, -0.25) is 23.7 Å². The van der Waals surface area contributed by atoms with Crippen LogP contribution in [0.25, 0.3) is 11.0 Å². The van der Waals surface area contributed by atoms with Gasteiger partial charge in [0.05, 0.1) is 31.9 Å². The minimum atomic E-state index is -1.80. The topological polar surface area (TPSA) is 149 Å². The number of ether oxygens (including phenoxy) is 3. The number of nitrogens with one attached hydrogen (secondary N) is 2. The minimum absolute atomic E-state index is 0.0254. The van der Waals surface area contributed by atoms with Gasteiger partial charge < -0.3 is 29.6 Å². The molecule has 12 heteroatoms. The van der Waals surface area contributed by atoms with Crippen LogP contribution in [0.5, 0.6) is 17.2 Å². The van der Waals surface area contributed by atoms with Crippen molar-refractivity contribution in [2.24, 2.45) is 5.92 Å². The summed E-state index contributed by atoms with van der Waals surface area (Å²) in [5.41, 5.74) is -1.39. The van der Waals surface area contributed by atoms with Crippen LogP contribution in [-0.4, -0.2) is 52.7 Å². The zero-order valence-corrected chi connectivity index (χ0v) is 21.5. The smallest absolute Gasteiger partial charge is 0.316 e. The van der Waals surface area contributed by atoms with Gasteiger partial charge in [0.15, 0.2) is 5.75 Å². The van der Waals surface area contributed by atoms with Gasteiger partial charge in [0.1, 0.15) is 22.1 Å². The third-order valence-electron chi connectivity index (χ3n) is 6.91. The van der Waals surface area contributed by atoms with E-state index < -0.39 is 34.2 Å². The molecule has 2 aliphatic rings. The van der Waals surface area contributed by atoms with E-state index in [1.807, 2.05) is 0 Å². The number of hydrogen-bond acceptors (Lipinski definition) is 9. The Morgan fingerprint density at radius 2 is 1.92 bits per heavy atom. The highest BCUT2D eigenvalue weighted by atomic mass is 35.5. The largest absolute Gasteiger partial charge is 0.496 e. The molecule has 198 valence electrons. The van der Waals surface area contributed by atoms with Crippen LogP contribution < -0.4 is 30.6 Å². The molecule has 38 heavy (non-hydrogen) atoms. The van der Waals surface area contributed by atoms with Gasteiger partial charge in [-0.2, -0.15) is 0 Å². The number of H-pyrrole nitrogens is 1. The molecular weight excluding hydrogens is 518 g/mol. The molecule has 0 fully saturated rings. The quantitative estimate of drug-likeness (QED) is 0.315. The van der Waals surface area contributed by atoms with Crippen LogP contribution >= 0.6 is 11.6 Å². The molecule has 3 N–H and O–H groups in total. The van der Waals surface area contributed by atoms with Gasteiger partial charge in [0.2, 0.25) is 17.2 Å². The Hall–Kier alpha value is -4.09. The number of halogens is 1. The van der Waals surface area contributed by atoms with Gasteiger partial charge in [-0.1, -0.05) is 18.5 Å². The Kier molecular flexibility index (Phi) is 6.28. The molecular formula is C26H24ClN3O8. The van der Waals surface area contributed by atoms with Crippen molar-refractivity contribution in [3.05, 3.63) is 67.3 Å². The molecule has 2 atom stereocenters. The predicted molar refractivity (Wildman–Crippen MR) is 139 cm³/mol. The van der Waals surface area contributed by atoms with Crippen molar-refractivity contribution in [2.45, 2.75) is 25.5 Å². The number of ketones is 2. The van der Waals surface area contributed by atoms with E-state index in [1.165, 1.54) is 30.9 Å². The molecule has 0 unspecified atom stereocenters. The summed E-state index contributed by atoms with van der Waals surface area (Å²) in [5, 5.41) is 12.5. The monoisotopic (exact) mass is 541 g/mol. The van der Waals surface area contributed by atoms with E-state index in [0.29, 0.717) is 22.4 Å². The number of fused-ring (bicyclic) bond motifs is 2. The molecule has 1 aliphatic carbocycles. The number of aromatic amines is 1. The molecule has 0 amide bonds. The third-order valence-corrected chi connectivity index (χ3v) is 7.27. The number of allylic oxidation sites excluding steroid dienone is 1. The van der Waals surface area contributed by atoms with Gasteiger partial charge in [0, 0.05) is 36.0 Å². The van der Waals surface area contributed by atoms with Crippen LogP contribution in [0.4, 0.5) is 5.69 Å². The Bertz CT molecular complexity index is 1660. The fraction of sp³-hybridized carbons (Fsp3) is 0.308. The molecule has 1 aromatic heterocycles. The first kappa shape index (κ1) is 25.6. The average Bonchev–Trinajstić information content (AvgIpc) is 3.20. The number of carbonyl (C=O) groups is 2. The number of aliphatic hydroxyl groups excluding tert-OH is 1. The molecule has 2 heterocycles. The van der Waals surface area contributed by atoms with Crippen molar-refractivity contribution >= 4 is 39.9 Å². The fourth-order valence-electron chi connectivity index (χ4n) is 5.08. The fourth-order valence-corrected chi connectivity index (χ4v) is 5.35. The van der Waals surface area contributed by atoms with Crippen molar-refractivity contribution < 1.29 is 28.9 Å². The number of Topliss-reactive ketones (excluding diaryl/α,β-unsaturated/α-hetero) is 1. The van der Waals surface area contributed by atoms with Crippen molar-refractivity contribution in [3.63, 3.8) is 0 Å². The summed E-state index contributed by atoms with van der Waals surface area (Å²) >= 11 is 6.42.